The standard InChI is InChI=1S/C28H29N3O2/c1-33-26-8-3-2-7-23(26)25-16-31-28-24(25)14-22(15-30-28)20-5-4-6-21(13-20)27(29)19-11-9-18(17-32)10-12-19/h2-8,13-16,18-19,29,32H,9-12,17H2,1H3,(H,30,31). The molecule has 1 aliphatic rings. The highest BCUT2D eigenvalue weighted by molar-refractivity contribution is 6.01. The third kappa shape index (κ3) is 4.16. The minimum Gasteiger partial charge on any atom is -0.496 e. The molecule has 0 atom stereocenters. The summed E-state index contributed by atoms with van der Waals surface area (Å²) in [4.78, 5) is 7.95. The van der Waals surface area contributed by atoms with Gasteiger partial charge in [0.25, 0.3) is 0 Å². The van der Waals surface area contributed by atoms with Crippen LogP contribution in [0.25, 0.3) is 33.3 Å². The van der Waals surface area contributed by atoms with Crippen molar-refractivity contribution in [3.05, 3.63) is 72.6 Å². The lowest BCUT2D eigenvalue weighted by Crippen LogP contribution is -2.23. The Bertz CT molecular complexity index is 1290. The number of methoxy groups -OCH3 is 1. The van der Waals surface area contributed by atoms with Gasteiger partial charge in [-0.05, 0) is 60.9 Å². The molecule has 5 heteroatoms. The van der Waals surface area contributed by atoms with Crippen molar-refractivity contribution in [2.45, 2.75) is 25.7 Å². The fourth-order valence-corrected chi connectivity index (χ4v) is 4.99. The Morgan fingerprint density at radius 1 is 1.03 bits per heavy atom. The first kappa shape index (κ1) is 21.4. The molecule has 0 amide bonds. The molecule has 5 rings (SSSR count). The number of ether oxygens (including phenoxy) is 1. The number of aromatic nitrogens is 2. The van der Waals surface area contributed by atoms with E-state index in [9.17, 15) is 5.11 Å². The van der Waals surface area contributed by atoms with Crippen LogP contribution in [0, 0.1) is 17.2 Å². The van der Waals surface area contributed by atoms with Crippen LogP contribution in [0.15, 0.2) is 67.0 Å². The highest BCUT2D eigenvalue weighted by atomic mass is 16.5. The van der Waals surface area contributed by atoms with Gasteiger partial charge in [-0.2, -0.15) is 0 Å². The van der Waals surface area contributed by atoms with Crippen molar-refractivity contribution in [1.82, 2.24) is 9.97 Å². The second kappa shape index (κ2) is 9.20. The normalized spacial score (nSPS) is 18.4. The summed E-state index contributed by atoms with van der Waals surface area (Å²) in [7, 11) is 1.69. The zero-order valence-electron chi connectivity index (χ0n) is 18.8. The van der Waals surface area contributed by atoms with Crippen LogP contribution in [0.4, 0.5) is 0 Å². The second-order valence-electron chi connectivity index (χ2n) is 8.92. The molecule has 4 aromatic rings. The van der Waals surface area contributed by atoms with Crippen LogP contribution in [0.3, 0.4) is 0 Å². The lowest BCUT2D eigenvalue weighted by molar-refractivity contribution is 0.181. The lowest BCUT2D eigenvalue weighted by atomic mass is 9.78. The molecule has 0 unspecified atom stereocenters. The number of aliphatic hydroxyl groups is 1. The van der Waals surface area contributed by atoms with Crippen LogP contribution in [-0.4, -0.2) is 34.5 Å². The Labute approximate surface area is 194 Å². The summed E-state index contributed by atoms with van der Waals surface area (Å²) in [6.45, 7) is 0.265. The third-order valence-electron chi connectivity index (χ3n) is 6.95. The van der Waals surface area contributed by atoms with E-state index in [1.54, 1.807) is 7.11 Å². The number of fused-ring (bicyclic) bond motifs is 1. The summed E-state index contributed by atoms with van der Waals surface area (Å²) in [6, 6.07) is 18.4. The minimum absolute atomic E-state index is 0.265. The second-order valence-corrected chi connectivity index (χ2v) is 8.92. The first-order valence-corrected chi connectivity index (χ1v) is 11.6. The Balaban J connectivity index is 1.47. The molecule has 2 aromatic carbocycles. The fourth-order valence-electron chi connectivity index (χ4n) is 4.99. The van der Waals surface area contributed by atoms with E-state index in [4.69, 9.17) is 10.1 Å². The van der Waals surface area contributed by atoms with Crippen LogP contribution in [0.5, 0.6) is 5.75 Å². The summed E-state index contributed by atoms with van der Waals surface area (Å²) in [5, 5.41) is 19.3. The van der Waals surface area contributed by atoms with Crippen LogP contribution < -0.4 is 4.74 Å². The van der Waals surface area contributed by atoms with Gasteiger partial charge in [0, 0.05) is 52.7 Å². The summed E-state index contributed by atoms with van der Waals surface area (Å²) in [5.41, 5.74) is 6.68. The molecule has 0 saturated heterocycles. The van der Waals surface area contributed by atoms with Gasteiger partial charge in [-0.3, -0.25) is 0 Å². The van der Waals surface area contributed by atoms with E-state index in [1.807, 2.05) is 42.7 Å². The largest absolute Gasteiger partial charge is 0.496 e. The Morgan fingerprint density at radius 2 is 1.85 bits per heavy atom. The summed E-state index contributed by atoms with van der Waals surface area (Å²) >= 11 is 0. The fraction of sp³-hybridized carbons (Fsp3) is 0.286. The number of H-pyrrole nitrogens is 1. The molecule has 0 radical (unpaired) electrons. The molecule has 2 aromatic heterocycles. The van der Waals surface area contributed by atoms with Crippen molar-refractivity contribution in [3.8, 4) is 28.0 Å². The van der Waals surface area contributed by atoms with Crippen molar-refractivity contribution in [2.75, 3.05) is 13.7 Å². The van der Waals surface area contributed by atoms with E-state index in [0.29, 0.717) is 11.6 Å². The Hall–Kier alpha value is -3.44. The maximum atomic E-state index is 9.41. The predicted molar refractivity (Wildman–Crippen MR) is 133 cm³/mol. The molecule has 1 aliphatic carbocycles. The van der Waals surface area contributed by atoms with Gasteiger partial charge in [0.05, 0.1) is 7.11 Å². The summed E-state index contributed by atoms with van der Waals surface area (Å²) in [5.74, 6) is 1.50. The molecule has 0 aliphatic heterocycles. The summed E-state index contributed by atoms with van der Waals surface area (Å²) < 4.78 is 5.57. The van der Waals surface area contributed by atoms with Crippen molar-refractivity contribution in [1.29, 1.82) is 5.41 Å². The minimum atomic E-state index is 0.265. The highest BCUT2D eigenvalue weighted by Crippen LogP contribution is 2.36. The number of hydrogen-bond acceptors (Lipinski definition) is 4. The average molecular weight is 440 g/mol. The molecule has 1 saturated carbocycles. The molecule has 1 fully saturated rings. The van der Waals surface area contributed by atoms with Crippen LogP contribution in [0.1, 0.15) is 31.2 Å². The number of pyridine rings is 1. The quantitative estimate of drug-likeness (QED) is 0.319. The van der Waals surface area contributed by atoms with Crippen LogP contribution >= 0.6 is 0 Å². The van der Waals surface area contributed by atoms with Gasteiger partial charge < -0.3 is 20.2 Å². The van der Waals surface area contributed by atoms with Gasteiger partial charge in [-0.1, -0.05) is 36.4 Å². The lowest BCUT2D eigenvalue weighted by Gasteiger charge is -2.28. The Kier molecular flexibility index (Phi) is 5.97. The number of benzene rings is 2. The van der Waals surface area contributed by atoms with E-state index in [2.05, 4.69) is 34.2 Å². The monoisotopic (exact) mass is 439 g/mol. The molecule has 2 heterocycles. The number of nitrogens with one attached hydrogen (secondary N) is 2. The maximum absolute atomic E-state index is 9.41. The molecule has 0 bridgehead atoms. The van der Waals surface area contributed by atoms with Crippen molar-refractivity contribution >= 4 is 16.7 Å². The zero-order chi connectivity index (χ0) is 22.8. The van der Waals surface area contributed by atoms with Gasteiger partial charge in [-0.15, -0.1) is 0 Å². The topological polar surface area (TPSA) is 82.0 Å². The van der Waals surface area contributed by atoms with Gasteiger partial charge >= 0.3 is 0 Å². The van der Waals surface area contributed by atoms with Gasteiger partial charge in [0.2, 0.25) is 0 Å². The van der Waals surface area contributed by atoms with Gasteiger partial charge in [0.15, 0.2) is 0 Å². The SMILES string of the molecule is COc1ccccc1-c1c[nH]c2ncc(-c3cccc(C(=N)C4CCC(CO)CC4)c3)cc12. The maximum Gasteiger partial charge on any atom is 0.137 e. The molecule has 168 valence electrons. The molecular formula is C28H29N3O2. The molecule has 5 nitrogen and oxygen atoms in total. The highest BCUT2D eigenvalue weighted by Gasteiger charge is 2.24. The van der Waals surface area contributed by atoms with E-state index < -0.39 is 0 Å². The number of aliphatic hydroxyl groups excluding tert-OH is 1. The van der Waals surface area contributed by atoms with E-state index >= 15 is 0 Å². The predicted octanol–water partition coefficient (Wildman–Crippen LogP) is 6.07. The smallest absolute Gasteiger partial charge is 0.137 e. The number of nitrogens with zero attached hydrogens (tertiary/aromatic N) is 1. The van der Waals surface area contributed by atoms with E-state index in [0.717, 1.165) is 70.3 Å². The van der Waals surface area contributed by atoms with Crippen molar-refractivity contribution < 1.29 is 9.84 Å². The molecule has 33 heavy (non-hydrogen) atoms. The van der Waals surface area contributed by atoms with Gasteiger partial charge in [0.1, 0.15) is 11.4 Å². The summed E-state index contributed by atoms with van der Waals surface area (Å²) in [6.07, 6.45) is 7.83. The van der Waals surface area contributed by atoms with Crippen LogP contribution in [0.2, 0.25) is 0 Å². The molecule has 0 spiro atoms. The van der Waals surface area contributed by atoms with Crippen molar-refractivity contribution in [3.63, 3.8) is 0 Å². The van der Waals surface area contributed by atoms with E-state index in [-0.39, 0.29) is 12.5 Å². The number of rotatable bonds is 6. The van der Waals surface area contributed by atoms with Gasteiger partial charge in [-0.25, -0.2) is 4.98 Å². The number of aromatic amines is 1. The number of para-hydroxylation sites is 1. The Morgan fingerprint density at radius 3 is 2.64 bits per heavy atom. The van der Waals surface area contributed by atoms with E-state index in [1.165, 1.54) is 0 Å². The molecular weight excluding hydrogens is 410 g/mol. The third-order valence-corrected chi connectivity index (χ3v) is 6.95. The van der Waals surface area contributed by atoms with Crippen LogP contribution in [-0.2, 0) is 0 Å². The average Bonchev–Trinajstić information content (AvgIpc) is 3.31. The first-order valence-electron chi connectivity index (χ1n) is 11.6. The van der Waals surface area contributed by atoms with Crippen molar-refractivity contribution in [2.24, 2.45) is 11.8 Å². The molecule has 3 N–H and O–H groups in total. The number of hydrogen-bond donors (Lipinski definition) is 3. The zero-order valence-corrected chi connectivity index (χ0v) is 18.8. The first-order chi connectivity index (χ1) is 16.2.